The molecule has 0 N–H and O–H groups in total. The number of para-hydroxylation sites is 2. The monoisotopic (exact) mass is 717 g/mol. The van der Waals surface area contributed by atoms with Crippen LogP contribution >= 0.6 is 0 Å². The number of anilines is 3. The minimum absolute atomic E-state index is 0.921. The third-order valence-corrected chi connectivity index (χ3v) is 16.3. The minimum Gasteiger partial charge on any atom is -0.455 e. The molecule has 1 aliphatic rings. The predicted molar refractivity (Wildman–Crippen MR) is 234 cm³/mol. The number of furan rings is 1. The number of hydrogen-bond acceptors (Lipinski definition) is 2. The van der Waals surface area contributed by atoms with Gasteiger partial charge in [-0.05, 0) is 96.7 Å². The van der Waals surface area contributed by atoms with Crippen LogP contribution < -0.4 is 25.6 Å². The molecule has 55 heavy (non-hydrogen) atoms. The molecule has 0 atom stereocenters. The average Bonchev–Trinajstić information content (AvgIpc) is 3.78. The van der Waals surface area contributed by atoms with Gasteiger partial charge >= 0.3 is 0 Å². The summed E-state index contributed by atoms with van der Waals surface area (Å²) >= 11 is 0. The SMILES string of the molecule is c1ccc(N(c2cccc(-c3ccc4ccccc4c3)c2)c2ccc3c(c2)[Si](c2ccccc2)(c2ccccc2)c2ccc4c(oc5ccccc54)c2-3)cc1. The van der Waals surface area contributed by atoms with Crippen LogP contribution in [0, 0.1) is 0 Å². The normalized spacial score (nSPS) is 12.9. The van der Waals surface area contributed by atoms with Gasteiger partial charge in [-0.1, -0.05) is 164 Å². The van der Waals surface area contributed by atoms with Gasteiger partial charge < -0.3 is 9.32 Å². The first-order chi connectivity index (χ1) is 27.3. The smallest absolute Gasteiger partial charge is 0.181 e. The third-order valence-electron chi connectivity index (χ3n) is 11.5. The van der Waals surface area contributed by atoms with Crippen LogP contribution in [0.4, 0.5) is 17.1 Å². The fourth-order valence-electron chi connectivity index (χ4n) is 9.10. The second-order valence-electron chi connectivity index (χ2n) is 14.5. The van der Waals surface area contributed by atoms with Gasteiger partial charge in [0.25, 0.3) is 0 Å². The van der Waals surface area contributed by atoms with Gasteiger partial charge in [0.1, 0.15) is 11.2 Å². The summed E-state index contributed by atoms with van der Waals surface area (Å²) in [5.41, 5.74) is 10.1. The maximum absolute atomic E-state index is 6.83. The Labute approximate surface area is 321 Å². The summed E-state index contributed by atoms with van der Waals surface area (Å²) in [5, 5.41) is 10.3. The zero-order valence-electron chi connectivity index (χ0n) is 30.1. The molecule has 0 amide bonds. The van der Waals surface area contributed by atoms with Gasteiger partial charge in [0.15, 0.2) is 8.07 Å². The lowest BCUT2D eigenvalue weighted by Gasteiger charge is -2.32. The van der Waals surface area contributed by atoms with E-state index in [2.05, 4.69) is 217 Å². The fraction of sp³-hybridized carbons (Fsp3) is 0. The van der Waals surface area contributed by atoms with E-state index in [0.29, 0.717) is 0 Å². The molecule has 0 bridgehead atoms. The molecule has 1 aromatic heterocycles. The molecule has 0 fully saturated rings. The molecule has 11 rings (SSSR count). The molecule has 1 aliphatic heterocycles. The minimum atomic E-state index is -2.85. The highest BCUT2D eigenvalue weighted by Crippen LogP contribution is 2.42. The average molecular weight is 718 g/mol. The molecule has 0 radical (unpaired) electrons. The van der Waals surface area contributed by atoms with Crippen LogP contribution in [-0.4, -0.2) is 8.07 Å². The van der Waals surface area contributed by atoms with E-state index in [1.165, 1.54) is 53.8 Å². The lowest BCUT2D eigenvalue weighted by atomic mass is 10.00. The van der Waals surface area contributed by atoms with E-state index >= 15 is 0 Å². The Morgan fingerprint density at radius 3 is 1.80 bits per heavy atom. The molecule has 258 valence electrons. The van der Waals surface area contributed by atoms with Crippen molar-refractivity contribution in [1.29, 1.82) is 0 Å². The molecule has 2 heterocycles. The summed E-state index contributed by atoms with van der Waals surface area (Å²) in [4.78, 5) is 2.42. The Kier molecular flexibility index (Phi) is 7.22. The molecule has 0 saturated heterocycles. The van der Waals surface area contributed by atoms with E-state index in [-0.39, 0.29) is 0 Å². The quantitative estimate of drug-likeness (QED) is 0.159. The summed E-state index contributed by atoms with van der Waals surface area (Å²) in [6, 6.07) is 77.8. The maximum Gasteiger partial charge on any atom is 0.181 e. The van der Waals surface area contributed by atoms with Crippen LogP contribution in [0.5, 0.6) is 0 Å². The first-order valence-electron chi connectivity index (χ1n) is 18.9. The molecular weight excluding hydrogens is 683 g/mol. The van der Waals surface area contributed by atoms with E-state index in [1.54, 1.807) is 0 Å². The zero-order valence-corrected chi connectivity index (χ0v) is 31.1. The number of hydrogen-bond donors (Lipinski definition) is 0. The highest BCUT2D eigenvalue weighted by Gasteiger charge is 2.50. The molecule has 0 spiro atoms. The summed E-state index contributed by atoms with van der Waals surface area (Å²) < 4.78 is 6.83. The van der Waals surface area contributed by atoms with E-state index in [1.807, 2.05) is 0 Å². The number of fused-ring (bicyclic) bond motifs is 8. The second kappa shape index (κ2) is 12.6. The highest BCUT2D eigenvalue weighted by atomic mass is 28.3. The van der Waals surface area contributed by atoms with E-state index < -0.39 is 8.07 Å². The van der Waals surface area contributed by atoms with E-state index in [4.69, 9.17) is 4.42 Å². The Morgan fingerprint density at radius 2 is 1.02 bits per heavy atom. The Morgan fingerprint density at radius 1 is 0.382 bits per heavy atom. The van der Waals surface area contributed by atoms with Gasteiger partial charge in [0.05, 0.1) is 0 Å². The molecule has 0 unspecified atom stereocenters. The largest absolute Gasteiger partial charge is 0.455 e. The number of rotatable bonds is 6. The highest BCUT2D eigenvalue weighted by molar-refractivity contribution is 7.22. The van der Waals surface area contributed by atoms with Crippen molar-refractivity contribution in [2.24, 2.45) is 0 Å². The van der Waals surface area contributed by atoms with E-state index in [0.717, 1.165) is 39.0 Å². The van der Waals surface area contributed by atoms with Crippen molar-refractivity contribution in [3.63, 3.8) is 0 Å². The Balaban J connectivity index is 1.18. The predicted octanol–water partition coefficient (Wildman–Crippen LogP) is 11.2. The summed E-state index contributed by atoms with van der Waals surface area (Å²) in [6.07, 6.45) is 0. The van der Waals surface area contributed by atoms with Crippen LogP contribution in [0.25, 0.3) is 55.0 Å². The van der Waals surface area contributed by atoms with Crippen molar-refractivity contribution >= 4 is 78.6 Å². The van der Waals surface area contributed by atoms with E-state index in [9.17, 15) is 0 Å². The first-order valence-corrected chi connectivity index (χ1v) is 20.9. The van der Waals surface area contributed by atoms with Crippen LogP contribution in [0.2, 0.25) is 0 Å². The lowest BCUT2D eigenvalue weighted by molar-refractivity contribution is 0.670. The first kappa shape index (κ1) is 31.6. The van der Waals surface area contributed by atoms with Gasteiger partial charge in [-0.2, -0.15) is 0 Å². The number of benzene rings is 9. The van der Waals surface area contributed by atoms with Crippen molar-refractivity contribution in [1.82, 2.24) is 0 Å². The summed E-state index contributed by atoms with van der Waals surface area (Å²) in [5.74, 6) is 0. The lowest BCUT2D eigenvalue weighted by Crippen LogP contribution is -2.72. The van der Waals surface area contributed by atoms with Crippen LogP contribution in [-0.2, 0) is 0 Å². The zero-order chi connectivity index (χ0) is 36.3. The summed E-state index contributed by atoms with van der Waals surface area (Å²) in [7, 11) is -2.85. The molecule has 0 aliphatic carbocycles. The second-order valence-corrected chi connectivity index (χ2v) is 18.2. The van der Waals surface area contributed by atoms with Crippen molar-refractivity contribution in [3.05, 3.63) is 212 Å². The van der Waals surface area contributed by atoms with Crippen LogP contribution in [0.1, 0.15) is 0 Å². The molecule has 0 saturated carbocycles. The van der Waals surface area contributed by atoms with Crippen LogP contribution in [0.3, 0.4) is 0 Å². The van der Waals surface area contributed by atoms with Crippen molar-refractivity contribution in [2.75, 3.05) is 4.90 Å². The Hall–Kier alpha value is -6.94. The van der Waals surface area contributed by atoms with Crippen molar-refractivity contribution in [3.8, 4) is 22.3 Å². The molecule has 10 aromatic rings. The fourth-order valence-corrected chi connectivity index (χ4v) is 14.3. The van der Waals surface area contributed by atoms with Gasteiger partial charge in [-0.15, -0.1) is 0 Å². The Bertz CT molecular complexity index is 3000. The van der Waals surface area contributed by atoms with Gasteiger partial charge in [0.2, 0.25) is 0 Å². The van der Waals surface area contributed by atoms with Crippen molar-refractivity contribution < 1.29 is 4.42 Å². The molecule has 2 nitrogen and oxygen atoms in total. The molecule has 9 aromatic carbocycles. The van der Waals surface area contributed by atoms with Crippen LogP contribution in [0.15, 0.2) is 217 Å². The number of nitrogens with zero attached hydrogens (tertiary/aromatic N) is 1. The maximum atomic E-state index is 6.83. The van der Waals surface area contributed by atoms with Gasteiger partial charge in [0, 0.05) is 33.4 Å². The third kappa shape index (κ3) is 4.87. The van der Waals surface area contributed by atoms with Crippen molar-refractivity contribution in [2.45, 2.75) is 0 Å². The van der Waals surface area contributed by atoms with Gasteiger partial charge in [-0.3, -0.25) is 0 Å². The molecular formula is C52H35NOSi. The standard InChI is InChI=1S/C52H35NOSi/c1-4-18-40(19-5-1)53(41-20-14-17-38(34-41)39-28-27-36-15-10-11-16-37(36)33-39)42-29-30-47-50(35-42)55(43-21-6-2-7-22-43,44-23-8-3-9-24-44)49-32-31-46-45-25-12-13-26-48(45)54-52(46)51(47)49/h1-35H. The summed E-state index contributed by atoms with van der Waals surface area (Å²) in [6.45, 7) is 0. The topological polar surface area (TPSA) is 16.4 Å². The molecule has 3 heteroatoms. The van der Waals surface area contributed by atoms with Gasteiger partial charge in [-0.25, -0.2) is 0 Å².